The van der Waals surface area contributed by atoms with Crippen molar-refractivity contribution in [2.75, 3.05) is 10.6 Å². The first-order valence-electron chi connectivity index (χ1n) is 12.4. The van der Waals surface area contributed by atoms with Crippen LogP contribution < -0.4 is 10.6 Å². The van der Waals surface area contributed by atoms with E-state index in [0.717, 1.165) is 16.0 Å². The maximum Gasteiger partial charge on any atom is 0.270 e. The van der Waals surface area contributed by atoms with Crippen LogP contribution in [-0.4, -0.2) is 21.7 Å². The second-order valence-corrected chi connectivity index (χ2v) is 11.7. The van der Waals surface area contributed by atoms with Gasteiger partial charge in [0.15, 0.2) is 5.13 Å². The number of hydrogen-bond acceptors (Lipinski definition) is 7. The molecule has 1 unspecified atom stereocenters. The van der Waals surface area contributed by atoms with Crippen LogP contribution in [0.3, 0.4) is 0 Å². The zero-order valence-electron chi connectivity index (χ0n) is 21.5. The molecule has 8 nitrogen and oxygen atoms in total. The number of carbonyl (C=O) groups is 2. The molecule has 1 heterocycles. The zero-order chi connectivity index (χ0) is 29.6. The number of aromatic nitrogens is 1. The van der Waals surface area contributed by atoms with Gasteiger partial charge in [-0.05, 0) is 48.0 Å². The third-order valence-corrected chi connectivity index (χ3v) is 8.74. The lowest BCUT2D eigenvalue weighted by atomic mass is 10.1. The molecular formula is C30H20Cl2N4O4S2. The number of nitrogens with one attached hydrogen (secondary N) is 2. The van der Waals surface area contributed by atoms with Gasteiger partial charge < -0.3 is 10.6 Å². The summed E-state index contributed by atoms with van der Waals surface area (Å²) in [5.41, 5.74) is 2.78. The van der Waals surface area contributed by atoms with Crippen molar-refractivity contribution in [2.45, 2.75) is 10.1 Å². The van der Waals surface area contributed by atoms with Crippen molar-refractivity contribution in [1.29, 1.82) is 0 Å². The molecule has 0 aliphatic heterocycles. The molecule has 0 saturated heterocycles. The molecule has 5 aromatic rings. The second-order valence-electron chi connectivity index (χ2n) is 8.85. The van der Waals surface area contributed by atoms with Gasteiger partial charge in [0.05, 0.1) is 20.7 Å². The number of non-ortho nitro benzene ring substituents is 1. The predicted molar refractivity (Wildman–Crippen MR) is 169 cm³/mol. The predicted octanol–water partition coefficient (Wildman–Crippen LogP) is 8.75. The highest BCUT2D eigenvalue weighted by molar-refractivity contribution is 8.00. The number of nitrogens with zero attached hydrogens (tertiary/aromatic N) is 2. The van der Waals surface area contributed by atoms with Gasteiger partial charge >= 0.3 is 0 Å². The van der Waals surface area contributed by atoms with E-state index < -0.39 is 16.1 Å². The standard InChI is InChI=1S/C30H20Cl2N4O4S2/c31-24-14-9-19(16-25(24)32)26-17-41-30(34-26)35-29(38)27(18-5-2-1-3-6-18)42-23-12-10-21(11-13-23)33-28(37)20-7-4-8-22(15-20)36(39)40/h1-17,27H,(H,33,37)(H,34,35,38). The van der Waals surface area contributed by atoms with Crippen LogP contribution in [0.15, 0.2) is 107 Å². The Balaban J connectivity index is 1.29. The molecule has 1 atom stereocenters. The lowest BCUT2D eigenvalue weighted by Crippen LogP contribution is -2.19. The normalized spacial score (nSPS) is 11.5. The molecule has 0 radical (unpaired) electrons. The van der Waals surface area contributed by atoms with Gasteiger partial charge in [-0.25, -0.2) is 4.98 Å². The largest absolute Gasteiger partial charge is 0.322 e. The van der Waals surface area contributed by atoms with E-state index in [0.29, 0.717) is 26.6 Å². The monoisotopic (exact) mass is 634 g/mol. The van der Waals surface area contributed by atoms with Crippen molar-refractivity contribution in [3.05, 3.63) is 134 Å². The molecule has 1 aromatic heterocycles. The molecule has 42 heavy (non-hydrogen) atoms. The van der Waals surface area contributed by atoms with Crippen LogP contribution in [0.1, 0.15) is 21.2 Å². The van der Waals surface area contributed by atoms with Crippen molar-refractivity contribution >= 4 is 74.6 Å². The minimum atomic E-state index is -0.589. The molecular weight excluding hydrogens is 615 g/mol. The van der Waals surface area contributed by atoms with Crippen LogP contribution in [0.5, 0.6) is 0 Å². The van der Waals surface area contributed by atoms with E-state index in [1.807, 2.05) is 41.8 Å². The number of anilines is 2. The van der Waals surface area contributed by atoms with E-state index in [1.54, 1.807) is 36.4 Å². The summed E-state index contributed by atoms with van der Waals surface area (Å²) in [5, 5.41) is 19.3. The number of amides is 2. The van der Waals surface area contributed by atoms with Gasteiger partial charge in [0.25, 0.3) is 11.6 Å². The highest BCUT2D eigenvalue weighted by Gasteiger charge is 2.23. The van der Waals surface area contributed by atoms with Gasteiger partial charge in [-0.2, -0.15) is 0 Å². The minimum Gasteiger partial charge on any atom is -0.322 e. The summed E-state index contributed by atoms with van der Waals surface area (Å²) in [6, 6.07) is 27.1. The Bertz CT molecular complexity index is 1770. The third-order valence-electron chi connectivity index (χ3n) is 5.98. The average molecular weight is 636 g/mol. The van der Waals surface area contributed by atoms with Crippen LogP contribution in [0, 0.1) is 10.1 Å². The maximum absolute atomic E-state index is 13.5. The van der Waals surface area contributed by atoms with Crippen LogP contribution in [0.25, 0.3) is 11.3 Å². The number of nitro benzene ring substituents is 1. The van der Waals surface area contributed by atoms with E-state index in [-0.39, 0.29) is 17.2 Å². The second kappa shape index (κ2) is 13.2. The Morgan fingerprint density at radius 1 is 0.881 bits per heavy atom. The van der Waals surface area contributed by atoms with Crippen molar-refractivity contribution < 1.29 is 14.5 Å². The highest BCUT2D eigenvalue weighted by atomic mass is 35.5. The van der Waals surface area contributed by atoms with Crippen molar-refractivity contribution in [2.24, 2.45) is 0 Å². The van der Waals surface area contributed by atoms with Gasteiger partial charge in [-0.15, -0.1) is 23.1 Å². The Kier molecular flexibility index (Phi) is 9.19. The summed E-state index contributed by atoms with van der Waals surface area (Å²) in [7, 11) is 0. The Morgan fingerprint density at radius 2 is 1.64 bits per heavy atom. The number of hydrogen-bond donors (Lipinski definition) is 2. The number of carbonyl (C=O) groups excluding carboxylic acids is 2. The zero-order valence-corrected chi connectivity index (χ0v) is 24.6. The lowest BCUT2D eigenvalue weighted by Gasteiger charge is -2.16. The molecule has 0 saturated carbocycles. The smallest absolute Gasteiger partial charge is 0.270 e. The minimum absolute atomic E-state index is 0.164. The topological polar surface area (TPSA) is 114 Å². The molecule has 12 heteroatoms. The highest BCUT2D eigenvalue weighted by Crippen LogP contribution is 2.37. The van der Waals surface area contributed by atoms with Crippen LogP contribution in [-0.2, 0) is 4.79 Å². The number of nitro groups is 1. The quantitative estimate of drug-likeness (QED) is 0.0951. The van der Waals surface area contributed by atoms with Gasteiger partial charge in [0.2, 0.25) is 5.91 Å². The van der Waals surface area contributed by atoms with Gasteiger partial charge in [-0.1, -0.05) is 65.7 Å². The van der Waals surface area contributed by atoms with E-state index in [9.17, 15) is 19.7 Å². The van der Waals surface area contributed by atoms with E-state index in [4.69, 9.17) is 23.2 Å². The fourth-order valence-corrected chi connectivity index (χ4v) is 5.95. The third kappa shape index (κ3) is 7.15. The molecule has 210 valence electrons. The van der Waals surface area contributed by atoms with Crippen molar-refractivity contribution in [1.82, 2.24) is 4.98 Å². The first kappa shape index (κ1) is 29.3. The van der Waals surface area contributed by atoms with E-state index >= 15 is 0 Å². The Morgan fingerprint density at radius 3 is 2.36 bits per heavy atom. The van der Waals surface area contributed by atoms with E-state index in [2.05, 4.69) is 15.6 Å². The summed E-state index contributed by atoms with van der Waals surface area (Å²) in [6.07, 6.45) is 0. The Labute approximate surface area is 258 Å². The summed E-state index contributed by atoms with van der Waals surface area (Å²) >= 11 is 14.8. The maximum atomic E-state index is 13.5. The first-order valence-corrected chi connectivity index (χ1v) is 14.9. The van der Waals surface area contributed by atoms with Crippen molar-refractivity contribution in [3.63, 3.8) is 0 Å². The summed E-state index contributed by atoms with van der Waals surface area (Å²) in [4.78, 5) is 41.9. The summed E-state index contributed by atoms with van der Waals surface area (Å²) in [6.45, 7) is 0. The molecule has 0 fully saturated rings. The number of rotatable bonds is 9. The molecule has 2 N–H and O–H groups in total. The molecule has 5 rings (SSSR count). The van der Waals surface area contributed by atoms with Crippen LogP contribution >= 0.6 is 46.3 Å². The average Bonchev–Trinajstić information content (AvgIpc) is 3.47. The molecule has 4 aromatic carbocycles. The fraction of sp³-hybridized carbons (Fsp3) is 0.0333. The number of halogens is 2. The molecule has 0 bridgehead atoms. The SMILES string of the molecule is O=C(Nc1ccc(SC(C(=O)Nc2nc(-c3ccc(Cl)c(Cl)c3)cs2)c2ccccc2)cc1)c1cccc([N+](=O)[O-])c1. The number of thiazole rings is 1. The van der Waals surface area contributed by atoms with Gasteiger partial charge in [0.1, 0.15) is 5.25 Å². The summed E-state index contributed by atoms with van der Waals surface area (Å²) in [5.74, 6) is -0.714. The molecule has 0 aliphatic carbocycles. The van der Waals surface area contributed by atoms with Crippen LogP contribution in [0.2, 0.25) is 10.0 Å². The summed E-state index contributed by atoms with van der Waals surface area (Å²) < 4.78 is 0. The fourth-order valence-electron chi connectivity index (χ4n) is 3.91. The lowest BCUT2D eigenvalue weighted by molar-refractivity contribution is -0.384. The molecule has 2 amide bonds. The number of benzene rings is 4. The first-order chi connectivity index (χ1) is 20.3. The Hall–Kier alpha value is -4.22. The van der Waals surface area contributed by atoms with Gasteiger partial charge in [-0.3, -0.25) is 19.7 Å². The number of thioether (sulfide) groups is 1. The van der Waals surface area contributed by atoms with Gasteiger partial charge in [0, 0.05) is 39.2 Å². The van der Waals surface area contributed by atoms with E-state index in [1.165, 1.54) is 47.4 Å². The van der Waals surface area contributed by atoms with Crippen LogP contribution in [0.4, 0.5) is 16.5 Å². The molecule has 0 aliphatic rings. The molecule has 0 spiro atoms. The van der Waals surface area contributed by atoms with Crippen molar-refractivity contribution in [3.8, 4) is 11.3 Å².